The Morgan fingerprint density at radius 1 is 0.486 bits per heavy atom. The highest BCUT2D eigenvalue weighted by Crippen LogP contribution is 2.25. The number of phenolic OH excluding ortho intramolecular Hbond substituents is 2. The first-order valence-electron chi connectivity index (χ1n) is 24.2. The lowest BCUT2D eigenvalue weighted by Gasteiger charge is -2.21. The SMILES string of the molecule is Br.CC(c1cccc(O)c1)N(C)C.CC(c1cccc(O)c1)N(C)C.CCN(C)C(=O)Cl.CCN(C)C(=O)Oc1cccc([C@H](C)N(C)C)c1.COc1cccc(C(C)=O)c1.COc1cccc(C(C)N(C)C)c1. The molecular weight excluding hydrogens is 1020 g/mol. The first-order chi connectivity index (χ1) is 34.2. The lowest BCUT2D eigenvalue weighted by molar-refractivity contribution is 0.101. The van der Waals surface area contributed by atoms with E-state index in [-0.39, 0.29) is 34.9 Å². The highest BCUT2D eigenvalue weighted by atomic mass is 79.9. The molecule has 5 aromatic carbocycles. The molecule has 5 rings (SSSR count). The van der Waals surface area contributed by atoms with Crippen LogP contribution in [0.4, 0.5) is 9.59 Å². The molecule has 412 valence electrons. The number of benzene rings is 5. The standard InChI is InChI=1S/C14H22N2O2.C11H17NO.2C10H15NO.C9H10O2.C4H8ClNO.BrH/c1-6-16(5)14(17)18-13-9-7-8-12(10-13)11(2)15(3)4;1-9(12(2)3)10-6-5-7-11(8-10)13-4;2*1-8(11(2)3)9-5-4-6-10(12)7-9;1-7(10)8-4-3-5-9(6-8)11-2;1-3-6(2)4(5)7;/h7-11H,6H2,1-5H3;5-9H,1-4H3;2*4-8,12H,1-3H3;3-6H,1-2H3;3H2,1-2H3;1H/t11-;;;;;;/m0....../s1. The van der Waals surface area contributed by atoms with Crippen molar-refractivity contribution in [3.05, 3.63) is 149 Å². The van der Waals surface area contributed by atoms with E-state index in [0.29, 0.717) is 54.0 Å². The lowest BCUT2D eigenvalue weighted by Crippen LogP contribution is -2.29. The van der Waals surface area contributed by atoms with E-state index in [1.54, 1.807) is 76.8 Å². The number of aromatic hydroxyl groups is 2. The second-order valence-corrected chi connectivity index (χ2v) is 18.4. The summed E-state index contributed by atoms with van der Waals surface area (Å²) < 4.78 is 15.4. The van der Waals surface area contributed by atoms with Crippen molar-refractivity contribution in [2.75, 3.05) is 97.8 Å². The molecule has 4 atom stereocenters. The molecule has 0 radical (unpaired) electrons. The van der Waals surface area contributed by atoms with Crippen LogP contribution in [0.2, 0.25) is 0 Å². The number of hydrogen-bond acceptors (Lipinski definition) is 12. The Hall–Kier alpha value is -5.68. The Labute approximate surface area is 460 Å². The molecule has 5 aromatic rings. The van der Waals surface area contributed by atoms with Crippen molar-refractivity contribution in [3.8, 4) is 28.7 Å². The molecule has 0 aliphatic heterocycles. The minimum absolute atomic E-state index is 0. The summed E-state index contributed by atoms with van der Waals surface area (Å²) in [4.78, 5) is 44.0. The number of halogens is 2. The van der Waals surface area contributed by atoms with Gasteiger partial charge in [-0.05, 0) is 199 Å². The van der Waals surface area contributed by atoms with Crippen LogP contribution in [-0.2, 0) is 0 Å². The topological polar surface area (TPSA) is 139 Å². The number of carbonyl (C=O) groups is 3. The van der Waals surface area contributed by atoms with Gasteiger partial charge >= 0.3 is 11.5 Å². The Bertz CT molecular complexity index is 2300. The highest BCUT2D eigenvalue weighted by molar-refractivity contribution is 8.93. The van der Waals surface area contributed by atoms with Crippen LogP contribution in [0.1, 0.15) is 105 Å². The molecule has 0 aliphatic rings. The molecule has 16 heteroatoms. The number of rotatable bonds is 14. The molecule has 74 heavy (non-hydrogen) atoms. The zero-order chi connectivity index (χ0) is 56.0. The first-order valence-corrected chi connectivity index (χ1v) is 24.6. The van der Waals surface area contributed by atoms with Crippen LogP contribution in [0, 0.1) is 0 Å². The molecule has 0 bridgehead atoms. The summed E-state index contributed by atoms with van der Waals surface area (Å²) in [5, 5.41) is 18.0. The van der Waals surface area contributed by atoms with E-state index in [1.165, 1.54) is 22.3 Å². The number of amides is 2. The molecule has 0 fully saturated rings. The van der Waals surface area contributed by atoms with Gasteiger partial charge < -0.3 is 53.8 Å². The average Bonchev–Trinajstić information content (AvgIpc) is 3.37. The van der Waals surface area contributed by atoms with Gasteiger partial charge in [-0.25, -0.2) is 4.79 Å². The van der Waals surface area contributed by atoms with E-state index in [9.17, 15) is 24.6 Å². The van der Waals surface area contributed by atoms with Crippen LogP contribution < -0.4 is 14.2 Å². The van der Waals surface area contributed by atoms with Crippen molar-refractivity contribution in [2.45, 2.75) is 72.6 Å². The highest BCUT2D eigenvalue weighted by Gasteiger charge is 2.13. The van der Waals surface area contributed by atoms with E-state index in [2.05, 4.69) is 73.5 Å². The molecule has 0 aliphatic carbocycles. The summed E-state index contributed by atoms with van der Waals surface area (Å²) in [6.45, 7) is 15.1. The number of hydrogen-bond donors (Lipinski definition) is 2. The molecule has 0 saturated carbocycles. The number of methoxy groups -OCH3 is 2. The summed E-state index contributed by atoms with van der Waals surface area (Å²) in [7, 11) is 22.9. The van der Waals surface area contributed by atoms with Gasteiger partial charge in [-0.15, -0.1) is 17.0 Å². The largest absolute Gasteiger partial charge is 0.508 e. The predicted octanol–water partition coefficient (Wildman–Crippen LogP) is 12.9. The molecule has 0 spiro atoms. The summed E-state index contributed by atoms with van der Waals surface area (Å²) in [5.41, 5.74) is 5.37. The maximum Gasteiger partial charge on any atom is 0.414 e. The number of ether oxygens (including phenoxy) is 3. The summed E-state index contributed by atoms with van der Waals surface area (Å²) in [5.74, 6) is 2.96. The van der Waals surface area contributed by atoms with Crippen LogP contribution in [0.5, 0.6) is 28.7 Å². The maximum absolute atomic E-state index is 11.7. The zero-order valence-corrected chi connectivity index (χ0v) is 50.1. The van der Waals surface area contributed by atoms with E-state index in [1.807, 2.05) is 117 Å². The minimum Gasteiger partial charge on any atom is -0.508 e. The van der Waals surface area contributed by atoms with Gasteiger partial charge in [0, 0.05) is 56.9 Å². The van der Waals surface area contributed by atoms with Crippen molar-refractivity contribution in [2.24, 2.45) is 0 Å². The van der Waals surface area contributed by atoms with Crippen molar-refractivity contribution in [1.29, 1.82) is 0 Å². The lowest BCUT2D eigenvalue weighted by atomic mass is 10.1. The monoisotopic (exact) mass is 1110 g/mol. The summed E-state index contributed by atoms with van der Waals surface area (Å²) in [6.07, 6.45) is -0.327. The van der Waals surface area contributed by atoms with Crippen LogP contribution in [0.3, 0.4) is 0 Å². The second kappa shape index (κ2) is 38.0. The van der Waals surface area contributed by atoms with Gasteiger partial charge in [-0.2, -0.15) is 0 Å². The number of carbonyl (C=O) groups excluding carboxylic acids is 3. The molecule has 0 saturated heterocycles. The number of nitrogens with zero attached hydrogens (tertiary/aromatic N) is 6. The Balaban J connectivity index is 0. The minimum atomic E-state index is -0.400. The van der Waals surface area contributed by atoms with Crippen LogP contribution in [0.15, 0.2) is 121 Å². The van der Waals surface area contributed by atoms with Gasteiger partial charge in [0.25, 0.3) is 0 Å². The molecule has 2 amide bonds. The Morgan fingerprint density at radius 3 is 1.09 bits per heavy atom. The quantitative estimate of drug-likeness (QED) is 0.0622. The van der Waals surface area contributed by atoms with E-state index >= 15 is 0 Å². The van der Waals surface area contributed by atoms with Crippen molar-refractivity contribution in [1.82, 2.24) is 29.4 Å². The number of Topliss-reactive ketones (excluding diaryl/α,β-unsaturated/α-hetero) is 1. The Morgan fingerprint density at radius 2 is 0.797 bits per heavy atom. The van der Waals surface area contributed by atoms with Crippen LogP contribution in [-0.4, -0.2) is 155 Å². The van der Waals surface area contributed by atoms with Gasteiger partial charge in [0.15, 0.2) is 5.78 Å². The van der Waals surface area contributed by atoms with E-state index in [4.69, 9.17) is 25.8 Å². The number of ketones is 1. The van der Waals surface area contributed by atoms with Crippen LogP contribution >= 0.6 is 28.6 Å². The fourth-order valence-corrected chi connectivity index (χ4v) is 5.89. The summed E-state index contributed by atoms with van der Waals surface area (Å²) >= 11 is 5.02. The molecule has 2 N–H and O–H groups in total. The van der Waals surface area contributed by atoms with Gasteiger partial charge in [-0.3, -0.25) is 9.59 Å². The normalized spacial score (nSPS) is 11.8. The smallest absolute Gasteiger partial charge is 0.414 e. The maximum atomic E-state index is 11.7. The van der Waals surface area contributed by atoms with Crippen molar-refractivity contribution in [3.63, 3.8) is 0 Å². The third-order valence-corrected chi connectivity index (χ3v) is 12.3. The van der Waals surface area contributed by atoms with Crippen molar-refractivity contribution >= 4 is 45.8 Å². The van der Waals surface area contributed by atoms with Crippen LogP contribution in [0.25, 0.3) is 0 Å². The van der Waals surface area contributed by atoms with Gasteiger partial charge in [0.2, 0.25) is 0 Å². The molecule has 3 unspecified atom stereocenters. The summed E-state index contributed by atoms with van der Waals surface area (Å²) in [6, 6.07) is 39.1. The van der Waals surface area contributed by atoms with Gasteiger partial charge in [0.05, 0.1) is 14.2 Å². The van der Waals surface area contributed by atoms with Gasteiger partial charge in [-0.1, -0.05) is 60.7 Å². The van der Waals surface area contributed by atoms with Crippen molar-refractivity contribution < 1.29 is 38.8 Å². The zero-order valence-electron chi connectivity index (χ0n) is 47.6. The van der Waals surface area contributed by atoms with Gasteiger partial charge in [0.1, 0.15) is 28.7 Å². The predicted molar refractivity (Wildman–Crippen MR) is 311 cm³/mol. The fourth-order valence-electron chi connectivity index (χ4n) is 5.78. The third-order valence-electron chi connectivity index (χ3n) is 12.0. The molecule has 14 nitrogen and oxygen atoms in total. The van der Waals surface area contributed by atoms with E-state index < -0.39 is 5.37 Å². The molecular formula is C58H88BrClN6O8. The average molecular weight is 1110 g/mol. The Kier molecular flexibility index (Phi) is 36.1. The molecule has 0 aromatic heterocycles. The second-order valence-electron chi connectivity index (χ2n) is 18.0. The third kappa shape index (κ3) is 28.1. The van der Waals surface area contributed by atoms with E-state index in [0.717, 1.165) is 28.2 Å². The first kappa shape index (κ1) is 70.4. The fraction of sp³-hybridized carbons (Fsp3) is 0.431. The molecule has 0 heterocycles. The number of phenols is 2.